The van der Waals surface area contributed by atoms with E-state index in [0.717, 1.165) is 64.9 Å². The molecule has 6 fully saturated rings. The number of halogens is 1. The van der Waals surface area contributed by atoms with Crippen molar-refractivity contribution in [2.45, 2.75) is 107 Å². The van der Waals surface area contributed by atoms with Gasteiger partial charge in [-0.2, -0.15) is 0 Å². The largest absolute Gasteiger partial charge is 0.379 e. The molecule has 1 aliphatic carbocycles. The highest BCUT2D eigenvalue weighted by molar-refractivity contribution is 5.85. The number of likely N-dealkylation sites (tertiary alicyclic amines) is 1. The first-order chi connectivity index (χ1) is 19.4. The van der Waals surface area contributed by atoms with Crippen molar-refractivity contribution in [3.63, 3.8) is 0 Å². The molecule has 3 unspecified atom stereocenters. The molecular formula is C33H49ClN4O3. The summed E-state index contributed by atoms with van der Waals surface area (Å²) in [5.41, 5.74) is 1.33. The highest BCUT2D eigenvalue weighted by atomic mass is 35.5. The van der Waals surface area contributed by atoms with Gasteiger partial charge in [-0.15, -0.1) is 12.4 Å². The SMILES string of the molecule is CC(C)N1C(=O)N(C2CCOC2)CC12CC1CCC(C2)N1C[C@H]1CN(C(=O)C2CCCC2)C[C@@H]1c1ccccc1.Cl. The number of carbonyl (C=O) groups is 2. The molecule has 3 amide bonds. The molecule has 0 N–H and O–H groups in total. The van der Waals surface area contributed by atoms with Crippen molar-refractivity contribution in [1.29, 1.82) is 0 Å². The van der Waals surface area contributed by atoms with E-state index in [9.17, 15) is 9.59 Å². The van der Waals surface area contributed by atoms with Crippen molar-refractivity contribution in [3.05, 3.63) is 35.9 Å². The fraction of sp³-hybridized carbons (Fsp3) is 0.758. The highest BCUT2D eigenvalue weighted by Gasteiger charge is 2.59. The first-order valence-electron chi connectivity index (χ1n) is 16.2. The molecule has 5 aliphatic heterocycles. The number of urea groups is 1. The zero-order valence-corrected chi connectivity index (χ0v) is 25.8. The second kappa shape index (κ2) is 11.7. The van der Waals surface area contributed by atoms with Crippen LogP contribution in [0.4, 0.5) is 4.79 Å². The van der Waals surface area contributed by atoms with Crippen LogP contribution in [0.25, 0.3) is 0 Å². The number of ether oxygens (including phenoxy) is 1. The summed E-state index contributed by atoms with van der Waals surface area (Å²) in [6, 6.07) is 12.7. The van der Waals surface area contributed by atoms with Gasteiger partial charge in [-0.3, -0.25) is 9.69 Å². The lowest BCUT2D eigenvalue weighted by molar-refractivity contribution is -0.134. The Morgan fingerprint density at radius 3 is 2.32 bits per heavy atom. The van der Waals surface area contributed by atoms with Gasteiger partial charge in [0.15, 0.2) is 0 Å². The van der Waals surface area contributed by atoms with E-state index in [1.807, 2.05) is 0 Å². The van der Waals surface area contributed by atoms with Crippen molar-refractivity contribution in [2.75, 3.05) is 39.4 Å². The summed E-state index contributed by atoms with van der Waals surface area (Å²) in [7, 11) is 0. The summed E-state index contributed by atoms with van der Waals surface area (Å²) in [6.45, 7) is 9.53. The van der Waals surface area contributed by atoms with Crippen molar-refractivity contribution < 1.29 is 14.3 Å². The van der Waals surface area contributed by atoms with Crippen LogP contribution in [0.5, 0.6) is 0 Å². The normalized spacial score (nSPS) is 35.8. The zero-order valence-electron chi connectivity index (χ0n) is 25.0. The molecule has 7 nitrogen and oxygen atoms in total. The number of hydrogen-bond donors (Lipinski definition) is 0. The molecule has 8 heteroatoms. The van der Waals surface area contributed by atoms with Crippen molar-refractivity contribution in [1.82, 2.24) is 19.6 Å². The average Bonchev–Trinajstić information content (AvgIpc) is 3.77. The Hall–Kier alpha value is -1.83. The number of fused-ring (bicyclic) bond motifs is 2. The van der Waals surface area contributed by atoms with Gasteiger partial charge in [0.05, 0.1) is 18.2 Å². The first kappa shape index (κ1) is 29.3. The summed E-state index contributed by atoms with van der Waals surface area (Å²) in [6.07, 6.45) is 10.1. The number of hydrogen-bond acceptors (Lipinski definition) is 4. The van der Waals surface area contributed by atoms with Crippen LogP contribution in [0.1, 0.15) is 83.1 Å². The van der Waals surface area contributed by atoms with Crippen molar-refractivity contribution >= 4 is 24.3 Å². The van der Waals surface area contributed by atoms with Gasteiger partial charge >= 0.3 is 6.03 Å². The lowest BCUT2D eigenvalue weighted by Crippen LogP contribution is -2.60. The van der Waals surface area contributed by atoms with Crippen LogP contribution in [0.15, 0.2) is 30.3 Å². The van der Waals surface area contributed by atoms with Crippen LogP contribution >= 0.6 is 12.4 Å². The van der Waals surface area contributed by atoms with E-state index in [2.05, 4.69) is 63.8 Å². The van der Waals surface area contributed by atoms with Gasteiger partial charge in [-0.05, 0) is 70.3 Å². The molecule has 1 spiro atoms. The predicted octanol–water partition coefficient (Wildman–Crippen LogP) is 5.14. The fourth-order valence-corrected chi connectivity index (χ4v) is 9.68. The van der Waals surface area contributed by atoms with Gasteiger partial charge in [-0.25, -0.2) is 4.79 Å². The quantitative estimate of drug-likeness (QED) is 0.465. The second-order valence-corrected chi connectivity index (χ2v) is 14.1. The molecular weight excluding hydrogens is 536 g/mol. The summed E-state index contributed by atoms with van der Waals surface area (Å²) in [5, 5.41) is 0. The molecule has 0 aromatic heterocycles. The van der Waals surface area contributed by atoms with Crippen LogP contribution in [0.2, 0.25) is 0 Å². The van der Waals surface area contributed by atoms with Crippen LogP contribution < -0.4 is 0 Å². The standard InChI is InChI=1S/C33H48N4O3.ClH/c1-23(2)37-32(39)36(29-14-15-40-21-29)22-33(37)16-27-12-13-28(17-33)35(27)19-26-18-34(31(38)25-10-6-7-11-25)20-30(26)24-8-4-3-5-9-24;/h3-5,8-9,23,25-30H,6-7,10-22H2,1-2H3;1H/t26-,27?,28?,29?,30-,33?;/m1./s1. The Labute approximate surface area is 252 Å². The van der Waals surface area contributed by atoms with Gasteiger partial charge in [0, 0.05) is 62.7 Å². The number of nitrogens with zero attached hydrogens (tertiary/aromatic N) is 4. The van der Waals surface area contributed by atoms with Gasteiger partial charge in [0.2, 0.25) is 5.91 Å². The molecule has 1 aromatic carbocycles. The van der Waals surface area contributed by atoms with E-state index in [4.69, 9.17) is 4.74 Å². The van der Waals surface area contributed by atoms with Gasteiger partial charge in [0.1, 0.15) is 0 Å². The molecule has 2 bridgehead atoms. The lowest BCUT2D eigenvalue weighted by atomic mass is 9.80. The minimum Gasteiger partial charge on any atom is -0.379 e. The Kier molecular flexibility index (Phi) is 8.34. The van der Waals surface area contributed by atoms with Gasteiger partial charge in [0.25, 0.3) is 0 Å². The maximum atomic E-state index is 13.8. The van der Waals surface area contributed by atoms with Crippen molar-refractivity contribution in [2.24, 2.45) is 11.8 Å². The third-order valence-electron chi connectivity index (χ3n) is 11.4. The Balaban J connectivity index is 0.00000302. The van der Waals surface area contributed by atoms with E-state index < -0.39 is 0 Å². The number of piperidine rings is 1. The fourth-order valence-electron chi connectivity index (χ4n) is 9.68. The lowest BCUT2D eigenvalue weighted by Gasteiger charge is -2.50. The number of amides is 3. The third kappa shape index (κ3) is 5.18. The summed E-state index contributed by atoms with van der Waals surface area (Å²) >= 11 is 0. The van der Waals surface area contributed by atoms with Gasteiger partial charge < -0.3 is 19.4 Å². The number of rotatable bonds is 6. The van der Waals surface area contributed by atoms with E-state index in [1.165, 1.54) is 31.2 Å². The molecule has 0 radical (unpaired) electrons. The monoisotopic (exact) mass is 584 g/mol. The minimum atomic E-state index is -0.0604. The maximum Gasteiger partial charge on any atom is 0.321 e. The van der Waals surface area contributed by atoms with Crippen molar-refractivity contribution in [3.8, 4) is 0 Å². The smallest absolute Gasteiger partial charge is 0.321 e. The Morgan fingerprint density at radius 1 is 0.976 bits per heavy atom. The minimum absolute atomic E-state index is 0. The predicted molar refractivity (Wildman–Crippen MR) is 162 cm³/mol. The molecule has 41 heavy (non-hydrogen) atoms. The van der Waals surface area contributed by atoms with Crippen LogP contribution in [-0.4, -0.2) is 101 Å². The van der Waals surface area contributed by atoms with E-state index >= 15 is 0 Å². The number of carbonyl (C=O) groups excluding carboxylic acids is 2. The van der Waals surface area contributed by atoms with E-state index in [1.54, 1.807) is 0 Å². The molecule has 7 rings (SSSR count). The van der Waals surface area contributed by atoms with Crippen LogP contribution in [0, 0.1) is 11.8 Å². The summed E-state index contributed by atoms with van der Waals surface area (Å²) < 4.78 is 5.69. The van der Waals surface area contributed by atoms with E-state index in [0.29, 0.717) is 36.4 Å². The molecule has 1 saturated carbocycles. The van der Waals surface area contributed by atoms with Gasteiger partial charge in [-0.1, -0.05) is 43.2 Å². The zero-order chi connectivity index (χ0) is 27.4. The van der Waals surface area contributed by atoms with E-state index in [-0.39, 0.29) is 42.0 Å². The summed E-state index contributed by atoms with van der Waals surface area (Å²) in [5.74, 6) is 1.52. The Morgan fingerprint density at radius 2 is 1.68 bits per heavy atom. The molecule has 6 aliphatic rings. The maximum absolute atomic E-state index is 13.8. The summed E-state index contributed by atoms with van der Waals surface area (Å²) in [4.78, 5) is 36.7. The Bertz CT molecular complexity index is 1080. The topological polar surface area (TPSA) is 56.3 Å². The molecule has 5 saturated heterocycles. The molecule has 5 heterocycles. The van der Waals surface area contributed by atoms with Crippen LogP contribution in [-0.2, 0) is 9.53 Å². The van der Waals surface area contributed by atoms with Crippen LogP contribution in [0.3, 0.4) is 0 Å². The molecule has 1 aromatic rings. The molecule has 5 atom stereocenters. The second-order valence-electron chi connectivity index (χ2n) is 14.1. The average molecular weight is 585 g/mol. The first-order valence-corrected chi connectivity index (χ1v) is 16.2. The number of benzene rings is 1. The molecule has 226 valence electrons. The third-order valence-corrected chi connectivity index (χ3v) is 11.4. The highest BCUT2D eigenvalue weighted by Crippen LogP contribution is 2.49.